The number of nitrogens with zero attached hydrogens (tertiary/aromatic N) is 6. The van der Waals surface area contributed by atoms with Gasteiger partial charge in [-0.25, -0.2) is 0 Å². The van der Waals surface area contributed by atoms with E-state index in [1.165, 1.54) is 62.4 Å². The third-order valence-corrected chi connectivity index (χ3v) is 6.64. The molecule has 0 spiro atoms. The van der Waals surface area contributed by atoms with Gasteiger partial charge in [0.1, 0.15) is 5.69 Å². The summed E-state index contributed by atoms with van der Waals surface area (Å²) in [4.78, 5) is 28.2. The Morgan fingerprint density at radius 2 is 1.54 bits per heavy atom. The van der Waals surface area contributed by atoms with Crippen LogP contribution in [0.4, 0.5) is 17.1 Å². The van der Waals surface area contributed by atoms with E-state index in [0.717, 1.165) is 25.7 Å². The van der Waals surface area contributed by atoms with Gasteiger partial charge in [-0.3, -0.25) is 30.0 Å². The molecule has 10 heteroatoms. The molecule has 0 unspecified atom stereocenters. The Bertz CT molecular complexity index is 743. The van der Waals surface area contributed by atoms with Gasteiger partial charge in [-0.15, -0.1) is 0 Å². The maximum atomic E-state index is 11.4. The molecule has 152 valence electrons. The van der Waals surface area contributed by atoms with E-state index in [1.54, 1.807) is 0 Å². The SMILES string of the molecule is O=[N+]([O-])c1ccc(N2CCN(CC[N+]34CCN(CC3)CC4)CC2)c([N+](=O)[O-])c1. The molecule has 0 radical (unpaired) electrons. The zero-order chi connectivity index (χ0) is 19.7. The molecule has 4 aliphatic rings. The summed E-state index contributed by atoms with van der Waals surface area (Å²) in [7, 11) is 0. The molecule has 4 fully saturated rings. The van der Waals surface area contributed by atoms with Crippen LogP contribution >= 0.6 is 0 Å². The first-order valence-electron chi connectivity index (χ1n) is 9.93. The third-order valence-electron chi connectivity index (χ3n) is 6.64. The Morgan fingerprint density at radius 1 is 0.893 bits per heavy atom. The number of fused-ring (bicyclic) bond motifs is 3. The highest BCUT2D eigenvalue weighted by atomic mass is 16.6. The Kier molecular flexibility index (Phi) is 5.17. The molecule has 0 amide bonds. The molecule has 4 saturated heterocycles. The number of hydrogen-bond donors (Lipinski definition) is 0. The van der Waals surface area contributed by atoms with Crippen LogP contribution in [0.1, 0.15) is 0 Å². The van der Waals surface area contributed by atoms with Crippen LogP contribution in [0, 0.1) is 20.2 Å². The zero-order valence-corrected chi connectivity index (χ0v) is 16.0. The van der Waals surface area contributed by atoms with Crippen molar-refractivity contribution in [3.63, 3.8) is 0 Å². The lowest BCUT2D eigenvalue weighted by atomic mass is 10.1. The minimum Gasteiger partial charge on any atom is -0.363 e. The van der Waals surface area contributed by atoms with E-state index in [2.05, 4.69) is 9.80 Å². The van der Waals surface area contributed by atoms with E-state index in [-0.39, 0.29) is 11.4 Å². The maximum Gasteiger partial charge on any atom is 0.299 e. The minimum absolute atomic E-state index is 0.188. The van der Waals surface area contributed by atoms with Crippen molar-refractivity contribution >= 4 is 17.1 Å². The van der Waals surface area contributed by atoms with Crippen LogP contribution in [0.15, 0.2) is 18.2 Å². The number of quaternary nitrogens is 1. The van der Waals surface area contributed by atoms with Gasteiger partial charge in [0.05, 0.1) is 42.1 Å². The number of hydrogen-bond acceptors (Lipinski definition) is 7. The highest BCUT2D eigenvalue weighted by Crippen LogP contribution is 2.32. The minimum atomic E-state index is -0.595. The first-order chi connectivity index (χ1) is 13.5. The standard InChI is InChI=1S/C18H27N6O4/c25-22(26)16-1-2-17(18(15-16)23(27)28)21-5-3-19(4-6-21)7-11-24-12-8-20(9-13-24)10-14-24/h1-2,15H,3-14H2/q+1. The lowest BCUT2D eigenvalue weighted by Gasteiger charge is -2.51. The summed E-state index contributed by atoms with van der Waals surface area (Å²) in [5, 5.41) is 22.3. The topological polar surface area (TPSA) is 96.0 Å². The maximum absolute atomic E-state index is 11.4. The lowest BCUT2D eigenvalue weighted by Crippen LogP contribution is -2.68. The summed E-state index contributed by atoms with van der Waals surface area (Å²) >= 11 is 0. The largest absolute Gasteiger partial charge is 0.363 e. The van der Waals surface area contributed by atoms with Crippen LogP contribution in [-0.2, 0) is 0 Å². The normalized spacial score (nSPS) is 27.7. The number of rotatable bonds is 6. The molecule has 0 aromatic heterocycles. The predicted octanol–water partition coefficient (Wildman–Crippen LogP) is 0.771. The molecule has 10 nitrogen and oxygen atoms in total. The van der Waals surface area contributed by atoms with E-state index in [1.807, 2.05) is 4.90 Å². The van der Waals surface area contributed by atoms with Crippen molar-refractivity contribution in [2.75, 3.05) is 83.4 Å². The van der Waals surface area contributed by atoms with Gasteiger partial charge < -0.3 is 9.38 Å². The Hall–Kier alpha value is -2.30. The van der Waals surface area contributed by atoms with Crippen LogP contribution in [0.2, 0.25) is 0 Å². The fourth-order valence-electron chi connectivity index (χ4n) is 4.67. The molecule has 0 saturated carbocycles. The second-order valence-corrected chi connectivity index (χ2v) is 8.09. The number of non-ortho nitro benzene ring substituents is 1. The number of nitro benzene ring substituents is 2. The quantitative estimate of drug-likeness (QED) is 0.401. The molecule has 4 heterocycles. The molecule has 5 rings (SSSR count). The van der Waals surface area contributed by atoms with Crippen LogP contribution in [0.5, 0.6) is 0 Å². The van der Waals surface area contributed by atoms with E-state index < -0.39 is 9.85 Å². The van der Waals surface area contributed by atoms with Crippen molar-refractivity contribution in [3.05, 3.63) is 38.4 Å². The first-order valence-corrected chi connectivity index (χ1v) is 9.93. The number of nitro groups is 2. The van der Waals surface area contributed by atoms with E-state index in [0.29, 0.717) is 18.8 Å². The highest BCUT2D eigenvalue weighted by molar-refractivity contribution is 5.67. The van der Waals surface area contributed by atoms with Gasteiger partial charge >= 0.3 is 0 Å². The van der Waals surface area contributed by atoms with Crippen molar-refractivity contribution in [3.8, 4) is 0 Å². The van der Waals surface area contributed by atoms with Crippen molar-refractivity contribution < 1.29 is 14.3 Å². The Balaban J connectivity index is 1.35. The van der Waals surface area contributed by atoms with Gasteiger partial charge in [-0.05, 0) is 6.07 Å². The molecule has 1 aromatic rings. The van der Waals surface area contributed by atoms with Gasteiger partial charge in [-0.1, -0.05) is 0 Å². The fraction of sp³-hybridized carbons (Fsp3) is 0.667. The van der Waals surface area contributed by atoms with Gasteiger partial charge in [-0.2, -0.15) is 0 Å². The van der Waals surface area contributed by atoms with E-state index >= 15 is 0 Å². The smallest absolute Gasteiger partial charge is 0.299 e. The van der Waals surface area contributed by atoms with Crippen LogP contribution in [0.3, 0.4) is 0 Å². The molecule has 2 bridgehead atoms. The average Bonchev–Trinajstić information content (AvgIpc) is 2.73. The summed E-state index contributed by atoms with van der Waals surface area (Å²) in [6, 6.07) is 3.92. The summed E-state index contributed by atoms with van der Waals surface area (Å²) in [6.07, 6.45) is 0. The van der Waals surface area contributed by atoms with E-state index in [9.17, 15) is 20.2 Å². The van der Waals surface area contributed by atoms with Crippen molar-refractivity contribution in [1.82, 2.24) is 9.80 Å². The van der Waals surface area contributed by atoms with Crippen molar-refractivity contribution in [2.24, 2.45) is 0 Å². The van der Waals surface area contributed by atoms with Crippen molar-refractivity contribution in [2.45, 2.75) is 0 Å². The molecule has 0 atom stereocenters. The number of piperazine rings is 4. The summed E-state index contributed by atoms with van der Waals surface area (Å²) in [6.45, 7) is 12.8. The van der Waals surface area contributed by atoms with Crippen LogP contribution in [-0.4, -0.2) is 103 Å². The number of anilines is 1. The Labute approximate surface area is 163 Å². The Morgan fingerprint density at radius 3 is 2.11 bits per heavy atom. The molecule has 4 aliphatic heterocycles. The van der Waals surface area contributed by atoms with Gasteiger partial charge in [0, 0.05) is 58.4 Å². The van der Waals surface area contributed by atoms with E-state index in [4.69, 9.17) is 0 Å². The summed E-state index contributed by atoms with van der Waals surface area (Å²) in [5.41, 5.74) is 0.0427. The predicted molar refractivity (Wildman–Crippen MR) is 105 cm³/mol. The fourth-order valence-corrected chi connectivity index (χ4v) is 4.67. The zero-order valence-electron chi connectivity index (χ0n) is 16.0. The molecular weight excluding hydrogens is 364 g/mol. The van der Waals surface area contributed by atoms with Crippen LogP contribution < -0.4 is 4.90 Å². The molecular formula is C18H27N6O4+. The lowest BCUT2D eigenvalue weighted by molar-refractivity contribution is -0.940. The third kappa shape index (κ3) is 3.80. The van der Waals surface area contributed by atoms with Gasteiger partial charge in [0.2, 0.25) is 0 Å². The van der Waals surface area contributed by atoms with Gasteiger partial charge in [0.15, 0.2) is 0 Å². The highest BCUT2D eigenvalue weighted by Gasteiger charge is 2.38. The molecule has 1 aromatic carbocycles. The average molecular weight is 391 g/mol. The van der Waals surface area contributed by atoms with Crippen LogP contribution in [0.25, 0.3) is 0 Å². The van der Waals surface area contributed by atoms with Crippen molar-refractivity contribution in [1.29, 1.82) is 0 Å². The monoisotopic (exact) mass is 391 g/mol. The second-order valence-electron chi connectivity index (χ2n) is 8.09. The molecule has 28 heavy (non-hydrogen) atoms. The molecule has 0 N–H and O–H groups in total. The first kappa shape index (κ1) is 19.0. The number of benzene rings is 1. The van der Waals surface area contributed by atoms with Gasteiger partial charge in [0.25, 0.3) is 11.4 Å². The summed E-state index contributed by atoms with van der Waals surface area (Å²) in [5.74, 6) is 0. The molecule has 0 aliphatic carbocycles. The second kappa shape index (κ2) is 7.61. The summed E-state index contributed by atoms with van der Waals surface area (Å²) < 4.78 is 1.24.